The highest BCUT2D eigenvalue weighted by atomic mass is 16.5. The Balaban J connectivity index is 4.46. The zero-order chi connectivity index (χ0) is 16.6. The minimum atomic E-state index is -0.455. The minimum absolute atomic E-state index is 0.0645. The Hall–Kier alpha value is -1.62. The molecule has 0 aliphatic rings. The number of ether oxygens (including phenoxy) is 2. The minimum Gasteiger partial charge on any atom is -0.461 e. The predicted molar refractivity (Wildman–Crippen MR) is 82.8 cm³/mol. The topological polar surface area (TPSA) is 64.6 Å². The Kier molecular flexibility index (Phi) is 7.95. The third-order valence-electron chi connectivity index (χ3n) is 2.45. The van der Waals surface area contributed by atoms with Crippen molar-refractivity contribution in [2.75, 3.05) is 19.8 Å². The van der Waals surface area contributed by atoms with Crippen molar-refractivity contribution < 1.29 is 19.1 Å². The highest BCUT2D eigenvalue weighted by Crippen LogP contribution is 2.11. The second-order valence-electron chi connectivity index (χ2n) is 6.40. The van der Waals surface area contributed by atoms with Crippen molar-refractivity contribution in [2.24, 2.45) is 5.41 Å². The third-order valence-corrected chi connectivity index (χ3v) is 2.45. The number of hydrogen-bond donors (Lipinski definition) is 1. The van der Waals surface area contributed by atoms with Gasteiger partial charge in [0.1, 0.15) is 13.2 Å². The molecule has 1 N–H and O–H groups in total. The zero-order valence-electron chi connectivity index (χ0n) is 13.7. The molecule has 0 atom stereocenters. The first-order valence-electron chi connectivity index (χ1n) is 6.91. The summed E-state index contributed by atoms with van der Waals surface area (Å²) in [6.45, 7) is 17.4. The van der Waals surface area contributed by atoms with Crippen molar-refractivity contribution >= 4 is 11.9 Å². The molecule has 0 heterocycles. The summed E-state index contributed by atoms with van der Waals surface area (Å²) >= 11 is 0. The van der Waals surface area contributed by atoms with Gasteiger partial charge < -0.3 is 14.8 Å². The van der Waals surface area contributed by atoms with Gasteiger partial charge in [-0.3, -0.25) is 0 Å². The molecule has 0 saturated carbocycles. The Bertz CT molecular complexity index is 377. The summed E-state index contributed by atoms with van der Waals surface area (Å²) in [5.41, 5.74) is 0.738. The van der Waals surface area contributed by atoms with Crippen molar-refractivity contribution in [3.63, 3.8) is 0 Å². The van der Waals surface area contributed by atoms with Crippen LogP contribution in [0, 0.1) is 5.41 Å². The van der Waals surface area contributed by atoms with E-state index in [0.29, 0.717) is 17.7 Å². The van der Waals surface area contributed by atoms with Crippen LogP contribution in [0.1, 0.15) is 34.6 Å². The van der Waals surface area contributed by atoms with Crippen molar-refractivity contribution in [1.82, 2.24) is 5.32 Å². The van der Waals surface area contributed by atoms with E-state index in [9.17, 15) is 9.59 Å². The van der Waals surface area contributed by atoms with Crippen molar-refractivity contribution in [2.45, 2.75) is 40.7 Å². The summed E-state index contributed by atoms with van der Waals surface area (Å²) in [5, 5.41) is 3.23. The van der Waals surface area contributed by atoms with Gasteiger partial charge in [0.15, 0.2) is 0 Å². The van der Waals surface area contributed by atoms with E-state index in [1.807, 2.05) is 0 Å². The second kappa shape index (κ2) is 8.62. The monoisotopic (exact) mass is 297 g/mol. The molecule has 0 amide bonds. The third kappa shape index (κ3) is 9.85. The van der Waals surface area contributed by atoms with Gasteiger partial charge >= 0.3 is 11.9 Å². The van der Waals surface area contributed by atoms with E-state index in [1.54, 1.807) is 13.8 Å². The summed E-state index contributed by atoms with van der Waals surface area (Å²) < 4.78 is 10.2. The fourth-order valence-electron chi connectivity index (χ4n) is 1.22. The van der Waals surface area contributed by atoms with E-state index in [1.165, 1.54) is 0 Å². The highest BCUT2D eigenvalue weighted by Gasteiger charge is 2.18. The highest BCUT2D eigenvalue weighted by molar-refractivity contribution is 5.87. The molecule has 5 nitrogen and oxygen atoms in total. The lowest BCUT2D eigenvalue weighted by Crippen LogP contribution is -2.42. The lowest BCUT2D eigenvalue weighted by Gasteiger charge is -2.24. The number of esters is 2. The van der Waals surface area contributed by atoms with E-state index in [0.717, 1.165) is 0 Å². The van der Waals surface area contributed by atoms with Crippen LogP contribution < -0.4 is 5.32 Å². The lowest BCUT2D eigenvalue weighted by atomic mass is 9.96. The van der Waals surface area contributed by atoms with Crippen LogP contribution in [0.3, 0.4) is 0 Å². The second-order valence-corrected chi connectivity index (χ2v) is 6.40. The van der Waals surface area contributed by atoms with Gasteiger partial charge in [-0.1, -0.05) is 33.9 Å². The molecule has 0 spiro atoms. The average molecular weight is 297 g/mol. The molecule has 0 bridgehead atoms. The molecule has 5 heteroatoms. The molecule has 0 aliphatic carbocycles. The predicted octanol–water partition coefficient (Wildman–Crippen LogP) is 2.23. The normalized spacial score (nSPS) is 11.1. The molecule has 0 aromatic carbocycles. The van der Waals surface area contributed by atoms with Gasteiger partial charge in [0.2, 0.25) is 0 Å². The fraction of sp³-hybridized carbons (Fsp3) is 0.625. The molecular weight excluding hydrogens is 270 g/mol. The Morgan fingerprint density at radius 1 is 1.00 bits per heavy atom. The van der Waals surface area contributed by atoms with E-state index in [4.69, 9.17) is 9.47 Å². The fourth-order valence-corrected chi connectivity index (χ4v) is 1.22. The van der Waals surface area contributed by atoms with Gasteiger partial charge in [-0.25, -0.2) is 9.59 Å². The summed E-state index contributed by atoms with van der Waals surface area (Å²) in [4.78, 5) is 22.8. The van der Waals surface area contributed by atoms with Crippen molar-refractivity contribution in [1.29, 1.82) is 0 Å². The molecule has 21 heavy (non-hydrogen) atoms. The van der Waals surface area contributed by atoms with Gasteiger partial charge in [-0.2, -0.15) is 0 Å². The number of carbonyl (C=O) groups excluding carboxylic acids is 2. The van der Waals surface area contributed by atoms with Crippen LogP contribution in [0.5, 0.6) is 0 Å². The summed E-state index contributed by atoms with van der Waals surface area (Å²) in [7, 11) is 0. The van der Waals surface area contributed by atoms with Crippen LogP contribution in [0.25, 0.3) is 0 Å². The first-order valence-corrected chi connectivity index (χ1v) is 6.91. The molecule has 0 aliphatic heterocycles. The molecular formula is C16H27NO4. The first-order chi connectivity index (χ1) is 9.53. The van der Waals surface area contributed by atoms with Gasteiger partial charge in [-0.15, -0.1) is 0 Å². The smallest absolute Gasteiger partial charge is 0.333 e. The van der Waals surface area contributed by atoms with E-state index < -0.39 is 11.9 Å². The lowest BCUT2D eigenvalue weighted by molar-refractivity contribution is -0.142. The molecule has 0 aromatic heterocycles. The quantitative estimate of drug-likeness (QED) is 0.550. The summed E-state index contributed by atoms with van der Waals surface area (Å²) in [6, 6.07) is -0.268. The Morgan fingerprint density at radius 3 is 1.67 bits per heavy atom. The molecule has 0 fully saturated rings. The van der Waals surface area contributed by atoms with Crippen LogP contribution in [0.2, 0.25) is 0 Å². The molecule has 0 radical (unpaired) electrons. The standard InChI is InChI=1S/C16H27NO4/c1-11(2)14(18)20-8-13(17-10-16(5,6)7)9-21-15(19)12(3)4/h13,17H,1,3,8-10H2,2,4-7H3. The summed E-state index contributed by atoms with van der Waals surface area (Å²) in [5.74, 6) is -0.910. The van der Waals surface area contributed by atoms with Crippen LogP contribution >= 0.6 is 0 Å². The number of rotatable bonds is 8. The Labute approximate surface area is 127 Å². The maximum Gasteiger partial charge on any atom is 0.333 e. The Morgan fingerprint density at radius 2 is 1.38 bits per heavy atom. The van der Waals surface area contributed by atoms with Gasteiger partial charge in [0.25, 0.3) is 0 Å². The van der Waals surface area contributed by atoms with E-state index in [-0.39, 0.29) is 24.7 Å². The number of hydrogen-bond acceptors (Lipinski definition) is 5. The van der Waals surface area contributed by atoms with Crippen molar-refractivity contribution in [3.8, 4) is 0 Å². The maximum absolute atomic E-state index is 11.4. The number of nitrogens with one attached hydrogen (secondary N) is 1. The SMILES string of the molecule is C=C(C)C(=O)OCC(COC(=O)C(=C)C)NCC(C)(C)C. The molecule has 0 rings (SSSR count). The van der Waals surface area contributed by atoms with Crippen LogP contribution in [0.4, 0.5) is 0 Å². The number of carbonyl (C=O) groups is 2. The van der Waals surface area contributed by atoms with Crippen LogP contribution in [0.15, 0.2) is 24.3 Å². The zero-order valence-corrected chi connectivity index (χ0v) is 13.7. The average Bonchev–Trinajstić information content (AvgIpc) is 2.35. The molecule has 0 saturated heterocycles. The molecule has 0 aromatic rings. The first kappa shape index (κ1) is 19.4. The largest absolute Gasteiger partial charge is 0.461 e. The van der Waals surface area contributed by atoms with Crippen LogP contribution in [-0.2, 0) is 19.1 Å². The van der Waals surface area contributed by atoms with E-state index in [2.05, 4.69) is 39.2 Å². The van der Waals surface area contributed by atoms with Crippen LogP contribution in [-0.4, -0.2) is 37.7 Å². The van der Waals surface area contributed by atoms with Crippen molar-refractivity contribution in [3.05, 3.63) is 24.3 Å². The molecule has 120 valence electrons. The molecule has 0 unspecified atom stereocenters. The van der Waals surface area contributed by atoms with Gasteiger partial charge in [0.05, 0.1) is 6.04 Å². The van der Waals surface area contributed by atoms with Gasteiger partial charge in [0, 0.05) is 17.7 Å². The van der Waals surface area contributed by atoms with Gasteiger partial charge in [-0.05, 0) is 19.3 Å². The maximum atomic E-state index is 11.4. The van der Waals surface area contributed by atoms with E-state index >= 15 is 0 Å². The summed E-state index contributed by atoms with van der Waals surface area (Å²) in [6.07, 6.45) is 0.